The maximum atomic E-state index is 12.9. The molecular formula is C20H22N6O2. The molecule has 1 aliphatic rings. The summed E-state index contributed by atoms with van der Waals surface area (Å²) in [4.78, 5) is 40.6. The van der Waals surface area contributed by atoms with Crippen molar-refractivity contribution in [2.45, 2.75) is 32.2 Å². The Bertz CT molecular complexity index is 1040. The number of hydrogen-bond donors (Lipinski definition) is 1. The Morgan fingerprint density at radius 2 is 1.86 bits per heavy atom. The molecule has 2 aromatic heterocycles. The molecule has 4 rings (SSSR count). The van der Waals surface area contributed by atoms with E-state index in [1.165, 1.54) is 23.5 Å². The zero-order valence-electron chi connectivity index (χ0n) is 15.7. The van der Waals surface area contributed by atoms with E-state index in [9.17, 15) is 9.59 Å². The van der Waals surface area contributed by atoms with Crippen molar-refractivity contribution >= 4 is 28.6 Å². The van der Waals surface area contributed by atoms with Crippen molar-refractivity contribution in [3.05, 3.63) is 53.2 Å². The van der Waals surface area contributed by atoms with Crippen LogP contribution in [0.4, 0.5) is 11.6 Å². The SMILES string of the molecule is C[C@@H](C(=O)Nc1ccccc1)n1cnc2nc(N3CCCCC3)ncc2c1=O. The normalized spacial score (nSPS) is 15.4. The van der Waals surface area contributed by atoms with Crippen LogP contribution in [-0.4, -0.2) is 38.5 Å². The lowest BCUT2D eigenvalue weighted by atomic mass is 10.1. The molecule has 1 atom stereocenters. The fraction of sp³-hybridized carbons (Fsp3) is 0.350. The number of aromatic nitrogens is 4. The third-order valence-electron chi connectivity index (χ3n) is 5.00. The van der Waals surface area contributed by atoms with Crippen molar-refractivity contribution < 1.29 is 4.79 Å². The monoisotopic (exact) mass is 378 g/mol. The number of nitrogens with one attached hydrogen (secondary N) is 1. The number of carbonyl (C=O) groups excluding carboxylic acids is 1. The van der Waals surface area contributed by atoms with Crippen LogP contribution in [0.2, 0.25) is 0 Å². The first-order valence-corrected chi connectivity index (χ1v) is 9.48. The molecule has 144 valence electrons. The van der Waals surface area contributed by atoms with Crippen LogP contribution in [0, 0.1) is 0 Å². The predicted octanol–water partition coefficient (Wildman–Crippen LogP) is 2.38. The summed E-state index contributed by atoms with van der Waals surface area (Å²) in [6.45, 7) is 3.49. The van der Waals surface area contributed by atoms with Gasteiger partial charge in [0.05, 0.1) is 0 Å². The molecule has 1 aromatic carbocycles. The smallest absolute Gasteiger partial charge is 0.265 e. The second kappa shape index (κ2) is 7.75. The zero-order chi connectivity index (χ0) is 19.5. The number of carbonyl (C=O) groups is 1. The Labute approximate surface area is 162 Å². The minimum absolute atomic E-state index is 0.291. The van der Waals surface area contributed by atoms with Gasteiger partial charge in [-0.15, -0.1) is 0 Å². The molecule has 3 heterocycles. The molecule has 0 unspecified atom stereocenters. The lowest BCUT2D eigenvalue weighted by Crippen LogP contribution is -2.33. The lowest BCUT2D eigenvalue weighted by Gasteiger charge is -2.26. The van der Waals surface area contributed by atoms with Crippen LogP contribution in [0.15, 0.2) is 47.7 Å². The fourth-order valence-corrected chi connectivity index (χ4v) is 3.34. The summed E-state index contributed by atoms with van der Waals surface area (Å²) >= 11 is 0. The van der Waals surface area contributed by atoms with E-state index in [-0.39, 0.29) is 11.5 Å². The van der Waals surface area contributed by atoms with Gasteiger partial charge in [0.1, 0.15) is 17.8 Å². The van der Waals surface area contributed by atoms with Crippen LogP contribution < -0.4 is 15.8 Å². The molecule has 0 bridgehead atoms. The molecule has 1 N–H and O–H groups in total. The van der Waals surface area contributed by atoms with Gasteiger partial charge < -0.3 is 10.2 Å². The van der Waals surface area contributed by atoms with Crippen LogP contribution in [-0.2, 0) is 4.79 Å². The van der Waals surface area contributed by atoms with Gasteiger partial charge in [0, 0.05) is 25.0 Å². The predicted molar refractivity (Wildman–Crippen MR) is 107 cm³/mol. The standard InChI is InChI=1S/C20H22N6O2/c1-14(18(27)23-15-8-4-2-5-9-15)26-13-22-17-16(19(26)28)12-21-20(24-17)25-10-6-3-7-11-25/h2,4-5,8-9,12-14H,3,6-7,10-11H2,1H3,(H,23,27)/t14-/m0/s1. The first-order chi connectivity index (χ1) is 13.6. The molecule has 1 fully saturated rings. The molecule has 3 aromatic rings. The van der Waals surface area contributed by atoms with E-state index < -0.39 is 6.04 Å². The van der Waals surface area contributed by atoms with E-state index >= 15 is 0 Å². The number of nitrogens with zero attached hydrogens (tertiary/aromatic N) is 5. The molecule has 0 spiro atoms. The maximum Gasteiger partial charge on any atom is 0.265 e. The van der Waals surface area contributed by atoms with Crippen molar-refractivity contribution in [1.29, 1.82) is 0 Å². The summed E-state index contributed by atoms with van der Waals surface area (Å²) in [5.41, 5.74) is 0.703. The van der Waals surface area contributed by atoms with Crippen molar-refractivity contribution in [3.8, 4) is 0 Å². The molecular weight excluding hydrogens is 356 g/mol. The number of piperidine rings is 1. The number of rotatable bonds is 4. The van der Waals surface area contributed by atoms with Gasteiger partial charge in [0.15, 0.2) is 5.65 Å². The summed E-state index contributed by atoms with van der Waals surface area (Å²) in [6.07, 6.45) is 6.34. The number of amides is 1. The van der Waals surface area contributed by atoms with Crippen LogP contribution >= 0.6 is 0 Å². The Kier molecular flexibility index (Phi) is 5.01. The van der Waals surface area contributed by atoms with Gasteiger partial charge in [-0.2, -0.15) is 4.98 Å². The summed E-state index contributed by atoms with van der Waals surface area (Å²) < 4.78 is 1.31. The Morgan fingerprint density at radius 1 is 1.11 bits per heavy atom. The van der Waals surface area contributed by atoms with E-state index in [1.807, 2.05) is 18.2 Å². The minimum atomic E-state index is -0.716. The zero-order valence-corrected chi connectivity index (χ0v) is 15.7. The summed E-state index contributed by atoms with van der Waals surface area (Å²) in [5, 5.41) is 3.11. The van der Waals surface area contributed by atoms with Crippen LogP contribution in [0.1, 0.15) is 32.2 Å². The van der Waals surface area contributed by atoms with E-state index in [1.54, 1.807) is 19.1 Å². The summed E-state index contributed by atoms with van der Waals surface area (Å²) in [5.74, 6) is 0.312. The highest BCUT2D eigenvalue weighted by Gasteiger charge is 2.20. The molecule has 1 saturated heterocycles. The highest BCUT2D eigenvalue weighted by atomic mass is 16.2. The molecule has 0 aliphatic carbocycles. The van der Waals surface area contributed by atoms with Gasteiger partial charge in [-0.05, 0) is 38.3 Å². The first-order valence-electron chi connectivity index (χ1n) is 9.48. The minimum Gasteiger partial charge on any atom is -0.341 e. The lowest BCUT2D eigenvalue weighted by molar-refractivity contribution is -0.118. The van der Waals surface area contributed by atoms with Crippen LogP contribution in [0.3, 0.4) is 0 Å². The number of benzene rings is 1. The summed E-state index contributed by atoms with van der Waals surface area (Å²) in [7, 11) is 0. The first kappa shape index (κ1) is 18.1. The molecule has 0 radical (unpaired) electrons. The van der Waals surface area contributed by atoms with E-state index in [4.69, 9.17) is 0 Å². The maximum absolute atomic E-state index is 12.9. The largest absolute Gasteiger partial charge is 0.341 e. The summed E-state index contributed by atoms with van der Waals surface area (Å²) in [6, 6.07) is 8.41. The quantitative estimate of drug-likeness (QED) is 0.749. The van der Waals surface area contributed by atoms with Gasteiger partial charge in [-0.3, -0.25) is 14.2 Å². The van der Waals surface area contributed by atoms with Crippen molar-refractivity contribution in [2.24, 2.45) is 0 Å². The Balaban J connectivity index is 1.60. The van der Waals surface area contributed by atoms with Gasteiger partial charge >= 0.3 is 0 Å². The third-order valence-corrected chi connectivity index (χ3v) is 5.00. The second-order valence-electron chi connectivity index (χ2n) is 6.94. The van der Waals surface area contributed by atoms with Crippen LogP contribution in [0.25, 0.3) is 11.0 Å². The van der Waals surface area contributed by atoms with Crippen molar-refractivity contribution in [3.63, 3.8) is 0 Å². The third kappa shape index (κ3) is 3.58. The van der Waals surface area contributed by atoms with Gasteiger partial charge in [0.2, 0.25) is 11.9 Å². The molecule has 28 heavy (non-hydrogen) atoms. The van der Waals surface area contributed by atoms with Gasteiger partial charge in [0.25, 0.3) is 5.56 Å². The Morgan fingerprint density at radius 3 is 2.61 bits per heavy atom. The second-order valence-corrected chi connectivity index (χ2v) is 6.94. The van der Waals surface area contributed by atoms with Crippen LogP contribution in [0.5, 0.6) is 0 Å². The molecule has 1 amide bonds. The number of para-hydroxylation sites is 1. The van der Waals surface area contributed by atoms with Gasteiger partial charge in [-0.25, -0.2) is 9.97 Å². The van der Waals surface area contributed by atoms with E-state index in [0.717, 1.165) is 25.9 Å². The van der Waals surface area contributed by atoms with E-state index in [0.29, 0.717) is 22.7 Å². The Hall–Kier alpha value is -3.29. The average molecular weight is 378 g/mol. The highest BCUT2D eigenvalue weighted by Crippen LogP contribution is 2.17. The molecule has 8 heteroatoms. The fourth-order valence-electron chi connectivity index (χ4n) is 3.34. The molecule has 8 nitrogen and oxygen atoms in total. The van der Waals surface area contributed by atoms with Crippen molar-refractivity contribution in [2.75, 3.05) is 23.3 Å². The molecule has 0 saturated carbocycles. The highest BCUT2D eigenvalue weighted by molar-refractivity contribution is 5.93. The van der Waals surface area contributed by atoms with Gasteiger partial charge in [-0.1, -0.05) is 18.2 Å². The number of fused-ring (bicyclic) bond motifs is 1. The topological polar surface area (TPSA) is 93.0 Å². The van der Waals surface area contributed by atoms with Crippen molar-refractivity contribution in [1.82, 2.24) is 19.5 Å². The number of anilines is 2. The molecule has 1 aliphatic heterocycles. The number of hydrogen-bond acceptors (Lipinski definition) is 6. The van der Waals surface area contributed by atoms with E-state index in [2.05, 4.69) is 25.2 Å². The average Bonchev–Trinajstić information content (AvgIpc) is 2.74.